The SMILES string of the molecule is CC1(C)Cc2cc(C(=O)O)ccc2NC1c1cccc(SNc2ccccc2)c1. The van der Waals surface area contributed by atoms with Gasteiger partial charge in [-0.15, -0.1) is 0 Å². The van der Waals surface area contributed by atoms with Gasteiger partial charge < -0.3 is 15.1 Å². The van der Waals surface area contributed by atoms with Crippen molar-refractivity contribution in [2.24, 2.45) is 5.41 Å². The maximum Gasteiger partial charge on any atom is 0.335 e. The average molecular weight is 405 g/mol. The lowest BCUT2D eigenvalue weighted by molar-refractivity contribution is 0.0696. The molecule has 0 radical (unpaired) electrons. The Hall–Kier alpha value is -2.92. The minimum Gasteiger partial charge on any atom is -0.478 e. The minimum absolute atomic E-state index is 0.0553. The summed E-state index contributed by atoms with van der Waals surface area (Å²) in [5.74, 6) is -0.886. The fourth-order valence-electron chi connectivity index (χ4n) is 3.87. The molecule has 3 N–H and O–H groups in total. The van der Waals surface area contributed by atoms with E-state index in [0.717, 1.165) is 28.3 Å². The van der Waals surface area contributed by atoms with Gasteiger partial charge in [0.15, 0.2) is 0 Å². The topological polar surface area (TPSA) is 61.4 Å². The molecule has 1 aliphatic rings. The molecular formula is C24H24N2O2S. The van der Waals surface area contributed by atoms with Gasteiger partial charge in [-0.1, -0.05) is 44.2 Å². The van der Waals surface area contributed by atoms with Crippen LogP contribution < -0.4 is 10.0 Å². The zero-order valence-electron chi connectivity index (χ0n) is 16.5. The number of carboxylic acid groups (broad SMARTS) is 1. The van der Waals surface area contributed by atoms with Crippen molar-refractivity contribution in [1.82, 2.24) is 0 Å². The van der Waals surface area contributed by atoms with Gasteiger partial charge in [-0.25, -0.2) is 4.79 Å². The Morgan fingerprint density at radius 2 is 1.86 bits per heavy atom. The quantitative estimate of drug-likeness (QED) is 0.439. The lowest BCUT2D eigenvalue weighted by atomic mass is 9.73. The smallest absolute Gasteiger partial charge is 0.335 e. The van der Waals surface area contributed by atoms with Gasteiger partial charge in [0, 0.05) is 16.3 Å². The summed E-state index contributed by atoms with van der Waals surface area (Å²) in [5.41, 5.74) is 4.65. The molecule has 0 amide bonds. The number of benzene rings is 3. The Bertz CT molecular complexity index is 1030. The van der Waals surface area contributed by atoms with E-state index in [2.05, 4.69) is 48.2 Å². The highest BCUT2D eigenvalue weighted by atomic mass is 32.2. The lowest BCUT2D eigenvalue weighted by Gasteiger charge is -2.41. The second-order valence-corrected chi connectivity index (χ2v) is 8.94. The van der Waals surface area contributed by atoms with Crippen LogP contribution in [0.5, 0.6) is 0 Å². The van der Waals surface area contributed by atoms with E-state index in [9.17, 15) is 9.90 Å². The van der Waals surface area contributed by atoms with Crippen LogP contribution in [0, 0.1) is 5.41 Å². The third kappa shape index (κ3) is 4.25. The summed E-state index contributed by atoms with van der Waals surface area (Å²) in [4.78, 5) is 12.5. The Morgan fingerprint density at radius 3 is 2.62 bits per heavy atom. The predicted octanol–water partition coefficient (Wildman–Crippen LogP) is 6.24. The average Bonchev–Trinajstić information content (AvgIpc) is 2.71. The number of anilines is 2. The largest absolute Gasteiger partial charge is 0.478 e. The molecule has 1 unspecified atom stereocenters. The number of nitrogens with one attached hydrogen (secondary N) is 2. The first-order valence-electron chi connectivity index (χ1n) is 9.63. The highest BCUT2D eigenvalue weighted by molar-refractivity contribution is 8.00. The van der Waals surface area contributed by atoms with E-state index in [1.807, 2.05) is 36.4 Å². The van der Waals surface area contributed by atoms with Gasteiger partial charge in [-0.05, 0) is 77.4 Å². The summed E-state index contributed by atoms with van der Waals surface area (Å²) >= 11 is 1.60. The predicted molar refractivity (Wildman–Crippen MR) is 120 cm³/mol. The van der Waals surface area contributed by atoms with Gasteiger partial charge >= 0.3 is 5.97 Å². The third-order valence-corrected chi connectivity index (χ3v) is 6.16. The fourth-order valence-corrected chi connectivity index (χ4v) is 4.59. The van der Waals surface area contributed by atoms with Gasteiger partial charge in [0.25, 0.3) is 0 Å². The van der Waals surface area contributed by atoms with Crippen molar-refractivity contribution in [3.8, 4) is 0 Å². The monoisotopic (exact) mass is 404 g/mol. The van der Waals surface area contributed by atoms with E-state index in [1.54, 1.807) is 24.1 Å². The molecule has 0 saturated heterocycles. The van der Waals surface area contributed by atoms with E-state index in [4.69, 9.17) is 0 Å². The second-order valence-electron chi connectivity index (χ2n) is 8.06. The zero-order chi connectivity index (χ0) is 20.4. The van der Waals surface area contributed by atoms with Crippen molar-refractivity contribution in [2.45, 2.75) is 31.2 Å². The minimum atomic E-state index is -0.886. The van der Waals surface area contributed by atoms with Crippen LogP contribution in [0.15, 0.2) is 77.7 Å². The number of hydrogen-bond donors (Lipinski definition) is 3. The van der Waals surface area contributed by atoms with Crippen LogP contribution in [0.25, 0.3) is 0 Å². The van der Waals surface area contributed by atoms with Crippen LogP contribution >= 0.6 is 11.9 Å². The van der Waals surface area contributed by atoms with Gasteiger partial charge in [0.1, 0.15) is 0 Å². The van der Waals surface area contributed by atoms with E-state index in [-0.39, 0.29) is 11.5 Å². The Balaban J connectivity index is 1.57. The molecule has 0 spiro atoms. The van der Waals surface area contributed by atoms with E-state index in [0.29, 0.717) is 5.56 Å². The molecule has 4 nitrogen and oxygen atoms in total. The molecule has 0 bridgehead atoms. The highest BCUT2D eigenvalue weighted by Crippen LogP contribution is 2.45. The molecule has 3 aromatic carbocycles. The van der Waals surface area contributed by atoms with Gasteiger partial charge in [0.2, 0.25) is 0 Å². The van der Waals surface area contributed by atoms with E-state index < -0.39 is 5.97 Å². The third-order valence-electron chi connectivity index (χ3n) is 5.33. The van der Waals surface area contributed by atoms with Crippen LogP contribution in [-0.4, -0.2) is 11.1 Å². The number of para-hydroxylation sites is 1. The van der Waals surface area contributed by atoms with Crippen LogP contribution in [0.4, 0.5) is 11.4 Å². The van der Waals surface area contributed by atoms with E-state index >= 15 is 0 Å². The molecule has 4 rings (SSSR count). The standard InChI is InChI=1S/C24H24N2O2S/c1-24(2)15-18-13-17(23(27)28)11-12-21(18)25-22(24)16-7-6-10-20(14-16)29-26-19-8-4-3-5-9-19/h3-14,22,25-26H,15H2,1-2H3,(H,27,28). The second kappa shape index (κ2) is 7.84. The van der Waals surface area contributed by atoms with Gasteiger partial charge in [-0.3, -0.25) is 0 Å². The summed E-state index contributed by atoms with van der Waals surface area (Å²) in [6, 6.07) is 24.2. The van der Waals surface area contributed by atoms with Crippen LogP contribution in [0.1, 0.15) is 41.4 Å². The number of carbonyl (C=O) groups is 1. The summed E-state index contributed by atoms with van der Waals surface area (Å²) < 4.78 is 3.38. The van der Waals surface area contributed by atoms with Crippen LogP contribution in [0.3, 0.4) is 0 Å². The maximum atomic E-state index is 11.3. The van der Waals surface area contributed by atoms with E-state index in [1.165, 1.54) is 5.56 Å². The van der Waals surface area contributed by atoms with Crippen LogP contribution in [-0.2, 0) is 6.42 Å². The number of aromatic carboxylic acids is 1. The summed E-state index contributed by atoms with van der Waals surface area (Å²) in [5, 5.41) is 12.9. The number of hydrogen-bond acceptors (Lipinski definition) is 4. The molecule has 1 atom stereocenters. The molecule has 29 heavy (non-hydrogen) atoms. The van der Waals surface area contributed by atoms with Crippen molar-refractivity contribution < 1.29 is 9.90 Å². The number of carboxylic acids is 1. The molecule has 0 fully saturated rings. The molecule has 0 saturated carbocycles. The first-order valence-corrected chi connectivity index (χ1v) is 10.4. The summed E-state index contributed by atoms with van der Waals surface area (Å²) in [6.07, 6.45) is 0.820. The normalized spacial score (nSPS) is 17.1. The number of rotatable bonds is 5. The van der Waals surface area contributed by atoms with Crippen molar-refractivity contribution in [3.05, 3.63) is 89.5 Å². The van der Waals surface area contributed by atoms with Gasteiger partial charge in [0.05, 0.1) is 11.6 Å². The summed E-state index contributed by atoms with van der Waals surface area (Å²) in [6.45, 7) is 4.45. The first kappa shape index (κ1) is 19.4. The Kier molecular flexibility index (Phi) is 5.24. The molecular weight excluding hydrogens is 380 g/mol. The fraction of sp³-hybridized carbons (Fsp3) is 0.208. The lowest BCUT2D eigenvalue weighted by Crippen LogP contribution is -2.35. The molecule has 0 aromatic heterocycles. The zero-order valence-corrected chi connectivity index (χ0v) is 17.3. The van der Waals surface area contributed by atoms with Gasteiger partial charge in [-0.2, -0.15) is 0 Å². The summed E-state index contributed by atoms with van der Waals surface area (Å²) in [7, 11) is 0. The molecule has 0 aliphatic carbocycles. The van der Waals surface area contributed by atoms with Crippen molar-refractivity contribution in [3.63, 3.8) is 0 Å². The highest BCUT2D eigenvalue weighted by Gasteiger charge is 2.36. The van der Waals surface area contributed by atoms with Crippen molar-refractivity contribution >= 4 is 29.3 Å². The Morgan fingerprint density at radius 1 is 1.07 bits per heavy atom. The first-order chi connectivity index (χ1) is 13.9. The molecule has 3 aromatic rings. The maximum absolute atomic E-state index is 11.3. The number of fused-ring (bicyclic) bond motifs is 1. The van der Waals surface area contributed by atoms with Crippen LogP contribution in [0.2, 0.25) is 0 Å². The Labute approximate surface area is 175 Å². The molecule has 5 heteroatoms. The molecule has 1 heterocycles. The molecule has 148 valence electrons. The van der Waals surface area contributed by atoms with Crippen molar-refractivity contribution in [2.75, 3.05) is 10.0 Å². The van der Waals surface area contributed by atoms with Crippen molar-refractivity contribution in [1.29, 1.82) is 0 Å². The molecule has 1 aliphatic heterocycles.